The van der Waals surface area contributed by atoms with Crippen molar-refractivity contribution < 1.29 is 9.18 Å². The molecule has 0 bridgehead atoms. The maximum atomic E-state index is 13.1. The number of rotatable bonds is 3. The Morgan fingerprint density at radius 3 is 2.59 bits per heavy atom. The van der Waals surface area contributed by atoms with Crippen LogP contribution in [0.3, 0.4) is 0 Å². The van der Waals surface area contributed by atoms with E-state index >= 15 is 0 Å². The molecule has 17 heavy (non-hydrogen) atoms. The summed E-state index contributed by atoms with van der Waals surface area (Å²) in [6.07, 6.45) is 4.40. The van der Waals surface area contributed by atoms with Crippen LogP contribution in [-0.2, 0) is 11.2 Å². The van der Waals surface area contributed by atoms with Gasteiger partial charge in [-0.25, -0.2) is 4.39 Å². The molecule has 0 saturated heterocycles. The van der Waals surface area contributed by atoms with Gasteiger partial charge in [0, 0.05) is 0 Å². The summed E-state index contributed by atoms with van der Waals surface area (Å²) in [6.45, 7) is 0. The first-order chi connectivity index (χ1) is 8.03. The topological polar surface area (TPSA) is 43.1 Å². The molecule has 0 unspecified atom stereocenters. The van der Waals surface area contributed by atoms with Crippen molar-refractivity contribution in [3.8, 4) is 0 Å². The van der Waals surface area contributed by atoms with E-state index in [0.717, 1.165) is 31.2 Å². The third kappa shape index (κ3) is 2.51. The number of amides is 1. The minimum atomic E-state index is -0.419. The highest BCUT2D eigenvalue weighted by molar-refractivity contribution is 9.10. The number of halogens is 2. The molecule has 2 rings (SSSR count). The quantitative estimate of drug-likeness (QED) is 0.915. The molecule has 0 atom stereocenters. The maximum Gasteiger partial charge on any atom is 0.223 e. The van der Waals surface area contributed by atoms with Gasteiger partial charge in [-0.1, -0.05) is 18.9 Å². The van der Waals surface area contributed by atoms with Crippen molar-refractivity contribution >= 4 is 21.8 Å². The lowest BCUT2D eigenvalue weighted by Crippen LogP contribution is -2.36. The van der Waals surface area contributed by atoms with Crippen LogP contribution < -0.4 is 5.73 Å². The molecule has 0 spiro atoms. The molecule has 1 aromatic rings. The predicted octanol–water partition coefficient (Wildman–Crippen LogP) is 3.18. The molecule has 4 heteroatoms. The predicted molar refractivity (Wildman–Crippen MR) is 67.9 cm³/mol. The van der Waals surface area contributed by atoms with E-state index in [1.807, 2.05) is 0 Å². The summed E-state index contributed by atoms with van der Waals surface area (Å²) >= 11 is 3.16. The van der Waals surface area contributed by atoms with E-state index in [-0.39, 0.29) is 11.7 Å². The second-order valence-corrected chi connectivity index (χ2v) is 5.63. The van der Waals surface area contributed by atoms with Gasteiger partial charge >= 0.3 is 0 Å². The Kier molecular flexibility index (Phi) is 3.52. The lowest BCUT2D eigenvalue weighted by atomic mass is 9.79. The summed E-state index contributed by atoms with van der Waals surface area (Å²) < 4.78 is 13.6. The van der Waals surface area contributed by atoms with E-state index in [2.05, 4.69) is 15.9 Å². The summed E-state index contributed by atoms with van der Waals surface area (Å²) in [5.74, 6) is -0.510. The van der Waals surface area contributed by atoms with E-state index in [4.69, 9.17) is 5.73 Å². The zero-order chi connectivity index (χ0) is 12.5. The van der Waals surface area contributed by atoms with E-state index in [0.29, 0.717) is 10.9 Å². The van der Waals surface area contributed by atoms with Crippen LogP contribution in [0, 0.1) is 11.2 Å². The van der Waals surface area contributed by atoms with Crippen molar-refractivity contribution in [2.45, 2.75) is 32.1 Å². The Hall–Kier alpha value is -0.900. The van der Waals surface area contributed by atoms with E-state index in [9.17, 15) is 9.18 Å². The highest BCUT2D eigenvalue weighted by Crippen LogP contribution is 2.41. The monoisotopic (exact) mass is 299 g/mol. The molecule has 1 aromatic carbocycles. The number of carbonyl (C=O) groups is 1. The third-order valence-corrected chi connectivity index (χ3v) is 4.22. The van der Waals surface area contributed by atoms with Crippen molar-refractivity contribution in [3.63, 3.8) is 0 Å². The highest BCUT2D eigenvalue weighted by atomic mass is 79.9. The molecule has 0 aliphatic heterocycles. The Labute approximate surface area is 109 Å². The van der Waals surface area contributed by atoms with Gasteiger partial charge in [-0.05, 0) is 52.9 Å². The minimum absolute atomic E-state index is 0.226. The van der Waals surface area contributed by atoms with Crippen molar-refractivity contribution in [1.29, 1.82) is 0 Å². The first-order valence-electron chi connectivity index (χ1n) is 5.77. The van der Waals surface area contributed by atoms with Crippen molar-refractivity contribution in [3.05, 3.63) is 34.1 Å². The van der Waals surface area contributed by atoms with Crippen LogP contribution in [0.1, 0.15) is 31.2 Å². The highest BCUT2D eigenvalue weighted by Gasteiger charge is 2.39. The Morgan fingerprint density at radius 1 is 1.41 bits per heavy atom. The standard InChI is InChI=1S/C13H15BrFNO/c14-10-7-9(3-4-11(10)15)8-13(12(16)17)5-1-2-6-13/h3-4,7H,1-2,5-6,8H2,(H2,16,17). The van der Waals surface area contributed by atoms with Crippen LogP contribution in [0.4, 0.5) is 4.39 Å². The average Bonchev–Trinajstić information content (AvgIpc) is 2.73. The fourth-order valence-corrected chi connectivity index (χ4v) is 3.03. The molecule has 2 N–H and O–H groups in total. The molecule has 1 saturated carbocycles. The number of nitrogens with two attached hydrogens (primary N) is 1. The summed E-state index contributed by atoms with van der Waals surface area (Å²) in [6, 6.07) is 4.88. The Balaban J connectivity index is 2.23. The molecule has 1 amide bonds. The van der Waals surface area contributed by atoms with Crippen molar-refractivity contribution in [2.75, 3.05) is 0 Å². The summed E-state index contributed by atoms with van der Waals surface area (Å²) in [5.41, 5.74) is 6.06. The van der Waals surface area contributed by atoms with Crippen molar-refractivity contribution in [2.24, 2.45) is 11.1 Å². The van der Waals surface area contributed by atoms with Gasteiger partial charge in [-0.3, -0.25) is 4.79 Å². The summed E-state index contributed by atoms with van der Waals surface area (Å²) in [7, 11) is 0. The zero-order valence-corrected chi connectivity index (χ0v) is 11.1. The molecule has 0 aromatic heterocycles. The molecule has 1 aliphatic rings. The molecule has 1 fully saturated rings. The van der Waals surface area contributed by atoms with Crippen LogP contribution in [0.15, 0.2) is 22.7 Å². The third-order valence-electron chi connectivity index (χ3n) is 3.61. The molecule has 0 radical (unpaired) electrons. The molecule has 2 nitrogen and oxygen atoms in total. The fourth-order valence-electron chi connectivity index (χ4n) is 2.60. The van der Waals surface area contributed by atoms with Gasteiger partial charge in [0.05, 0.1) is 9.89 Å². The lowest BCUT2D eigenvalue weighted by molar-refractivity contribution is -0.127. The Morgan fingerprint density at radius 2 is 2.06 bits per heavy atom. The minimum Gasteiger partial charge on any atom is -0.369 e. The smallest absolute Gasteiger partial charge is 0.223 e. The van der Waals surface area contributed by atoms with E-state index in [1.165, 1.54) is 6.07 Å². The average molecular weight is 300 g/mol. The molecule has 92 valence electrons. The van der Waals surface area contributed by atoms with Crippen LogP contribution in [0.5, 0.6) is 0 Å². The number of hydrogen-bond donors (Lipinski definition) is 1. The van der Waals surface area contributed by atoms with Gasteiger partial charge < -0.3 is 5.73 Å². The molecular formula is C13H15BrFNO. The zero-order valence-electron chi connectivity index (χ0n) is 9.51. The summed E-state index contributed by atoms with van der Waals surface area (Å²) in [4.78, 5) is 11.6. The lowest BCUT2D eigenvalue weighted by Gasteiger charge is -2.25. The van der Waals surface area contributed by atoms with Crippen molar-refractivity contribution in [1.82, 2.24) is 0 Å². The van der Waals surface area contributed by atoms with Crippen LogP contribution in [0.25, 0.3) is 0 Å². The SMILES string of the molecule is NC(=O)C1(Cc2ccc(F)c(Br)c2)CCCC1. The van der Waals surface area contributed by atoms with Gasteiger partial charge in [-0.15, -0.1) is 0 Å². The van der Waals surface area contributed by atoms with Gasteiger partial charge in [0.2, 0.25) is 5.91 Å². The largest absolute Gasteiger partial charge is 0.369 e. The molecular weight excluding hydrogens is 285 g/mol. The van der Waals surface area contributed by atoms with E-state index in [1.54, 1.807) is 12.1 Å². The second-order valence-electron chi connectivity index (χ2n) is 4.78. The van der Waals surface area contributed by atoms with E-state index < -0.39 is 5.41 Å². The normalized spacial score (nSPS) is 18.2. The number of benzene rings is 1. The fraction of sp³-hybridized carbons (Fsp3) is 0.462. The van der Waals surface area contributed by atoms with Gasteiger partial charge in [-0.2, -0.15) is 0 Å². The maximum absolute atomic E-state index is 13.1. The Bertz CT molecular complexity index is 441. The number of primary amides is 1. The van der Waals surface area contributed by atoms with Gasteiger partial charge in [0.15, 0.2) is 0 Å². The first-order valence-corrected chi connectivity index (χ1v) is 6.57. The van der Waals surface area contributed by atoms with Gasteiger partial charge in [0.25, 0.3) is 0 Å². The molecule has 0 heterocycles. The number of hydrogen-bond acceptors (Lipinski definition) is 1. The second kappa shape index (κ2) is 4.77. The van der Waals surface area contributed by atoms with Crippen LogP contribution in [-0.4, -0.2) is 5.91 Å². The number of carbonyl (C=O) groups excluding carboxylic acids is 1. The van der Waals surface area contributed by atoms with Gasteiger partial charge in [0.1, 0.15) is 5.82 Å². The summed E-state index contributed by atoms with van der Waals surface area (Å²) in [5, 5.41) is 0. The molecule has 1 aliphatic carbocycles. The van der Waals surface area contributed by atoms with Crippen LogP contribution >= 0.6 is 15.9 Å². The first kappa shape index (κ1) is 12.6. The van der Waals surface area contributed by atoms with Crippen LogP contribution in [0.2, 0.25) is 0 Å².